The molecule has 0 radical (unpaired) electrons. The summed E-state index contributed by atoms with van der Waals surface area (Å²) >= 11 is 0. The van der Waals surface area contributed by atoms with Gasteiger partial charge >= 0.3 is 0 Å². The molecule has 1 saturated carbocycles. The van der Waals surface area contributed by atoms with Crippen LogP contribution in [-0.4, -0.2) is 33.9 Å². The highest BCUT2D eigenvalue weighted by Crippen LogP contribution is 2.18. The topological polar surface area (TPSA) is 67.4 Å². The van der Waals surface area contributed by atoms with Crippen molar-refractivity contribution in [1.82, 2.24) is 10.0 Å². The molecule has 1 aromatic carbocycles. The highest BCUT2D eigenvalue weighted by Gasteiger charge is 2.20. The van der Waals surface area contributed by atoms with Crippen molar-refractivity contribution in [1.29, 1.82) is 0 Å². The summed E-state index contributed by atoms with van der Waals surface area (Å²) in [6.07, 6.45) is 3.10. The summed E-state index contributed by atoms with van der Waals surface area (Å²) < 4.78 is 31.3. The predicted molar refractivity (Wildman–Crippen MR) is 79.3 cm³/mol. The van der Waals surface area contributed by atoms with Crippen LogP contribution in [0.3, 0.4) is 0 Å². The van der Waals surface area contributed by atoms with Crippen molar-refractivity contribution in [3.8, 4) is 5.75 Å². The molecule has 0 unspecified atom stereocenters. The fraction of sp³-hybridized carbons (Fsp3) is 0.571. The van der Waals surface area contributed by atoms with Gasteiger partial charge in [0.15, 0.2) is 0 Å². The van der Waals surface area contributed by atoms with Crippen LogP contribution in [0.2, 0.25) is 0 Å². The largest absolute Gasteiger partial charge is 0.497 e. The van der Waals surface area contributed by atoms with E-state index in [0.717, 1.165) is 17.9 Å². The van der Waals surface area contributed by atoms with Gasteiger partial charge < -0.3 is 10.1 Å². The monoisotopic (exact) mass is 298 g/mol. The van der Waals surface area contributed by atoms with E-state index in [4.69, 9.17) is 4.74 Å². The minimum absolute atomic E-state index is 0.170. The zero-order valence-corrected chi connectivity index (χ0v) is 12.6. The van der Waals surface area contributed by atoms with Gasteiger partial charge in [-0.05, 0) is 43.5 Å². The van der Waals surface area contributed by atoms with Gasteiger partial charge in [-0.2, -0.15) is 0 Å². The van der Waals surface area contributed by atoms with Gasteiger partial charge in [0.25, 0.3) is 0 Å². The summed E-state index contributed by atoms with van der Waals surface area (Å²) in [7, 11) is -1.59. The Hall–Kier alpha value is -1.11. The van der Waals surface area contributed by atoms with Crippen LogP contribution in [0.25, 0.3) is 0 Å². The molecule has 1 aliphatic carbocycles. The lowest BCUT2D eigenvalue weighted by Gasteiger charge is -2.08. The van der Waals surface area contributed by atoms with Crippen molar-refractivity contribution in [3.05, 3.63) is 29.8 Å². The molecule has 0 spiro atoms. The molecular formula is C14H22N2O3S. The van der Waals surface area contributed by atoms with E-state index in [2.05, 4.69) is 10.0 Å². The Morgan fingerprint density at radius 1 is 1.25 bits per heavy atom. The van der Waals surface area contributed by atoms with Crippen molar-refractivity contribution in [3.63, 3.8) is 0 Å². The number of benzene rings is 1. The molecular weight excluding hydrogens is 276 g/mol. The highest BCUT2D eigenvalue weighted by molar-refractivity contribution is 7.89. The first-order valence-corrected chi connectivity index (χ1v) is 8.58. The van der Waals surface area contributed by atoms with Gasteiger partial charge in [0.05, 0.1) is 12.9 Å². The molecule has 2 N–H and O–H groups in total. The molecule has 0 aromatic heterocycles. The van der Waals surface area contributed by atoms with Crippen LogP contribution in [0.4, 0.5) is 0 Å². The Bertz CT molecular complexity index is 510. The van der Waals surface area contributed by atoms with Crippen LogP contribution >= 0.6 is 0 Å². The van der Waals surface area contributed by atoms with E-state index in [-0.39, 0.29) is 5.75 Å². The summed E-state index contributed by atoms with van der Waals surface area (Å²) in [4.78, 5) is 0. The van der Waals surface area contributed by atoms with E-state index < -0.39 is 10.0 Å². The summed E-state index contributed by atoms with van der Waals surface area (Å²) in [6.45, 7) is 1.09. The molecule has 1 aliphatic rings. The number of methoxy groups -OCH3 is 1. The van der Waals surface area contributed by atoms with Crippen LogP contribution in [0.15, 0.2) is 24.3 Å². The Balaban J connectivity index is 1.69. The van der Waals surface area contributed by atoms with Crippen LogP contribution in [-0.2, 0) is 16.6 Å². The number of hydrogen-bond donors (Lipinski definition) is 2. The fourth-order valence-electron chi connectivity index (χ4n) is 1.86. The second-order valence-electron chi connectivity index (χ2n) is 5.07. The molecule has 1 aromatic rings. The lowest BCUT2D eigenvalue weighted by molar-refractivity contribution is 0.414. The highest BCUT2D eigenvalue weighted by atomic mass is 32.2. The van der Waals surface area contributed by atoms with Crippen molar-refractivity contribution in [2.24, 2.45) is 0 Å². The molecule has 0 amide bonds. The van der Waals surface area contributed by atoms with Crippen molar-refractivity contribution >= 4 is 10.0 Å². The van der Waals surface area contributed by atoms with Crippen molar-refractivity contribution < 1.29 is 13.2 Å². The first-order valence-electron chi connectivity index (χ1n) is 6.93. The minimum Gasteiger partial charge on any atom is -0.497 e. The van der Waals surface area contributed by atoms with E-state index in [1.54, 1.807) is 7.11 Å². The van der Waals surface area contributed by atoms with E-state index in [0.29, 0.717) is 19.0 Å². The molecule has 0 aliphatic heterocycles. The maximum absolute atomic E-state index is 11.8. The second kappa shape index (κ2) is 7.06. The van der Waals surface area contributed by atoms with E-state index in [1.165, 1.54) is 12.8 Å². The van der Waals surface area contributed by atoms with Gasteiger partial charge in [0.1, 0.15) is 5.75 Å². The summed E-state index contributed by atoms with van der Waals surface area (Å²) in [5, 5.41) is 3.31. The van der Waals surface area contributed by atoms with Gasteiger partial charge in [-0.3, -0.25) is 0 Å². The van der Waals surface area contributed by atoms with Gasteiger partial charge in [0, 0.05) is 12.6 Å². The Morgan fingerprint density at radius 3 is 2.55 bits per heavy atom. The Labute approximate surface area is 120 Å². The maximum atomic E-state index is 11.8. The van der Waals surface area contributed by atoms with E-state index >= 15 is 0 Å². The van der Waals surface area contributed by atoms with E-state index in [1.807, 2.05) is 24.3 Å². The maximum Gasteiger partial charge on any atom is 0.211 e. The molecule has 0 bridgehead atoms. The van der Waals surface area contributed by atoms with Crippen LogP contribution in [0.1, 0.15) is 24.8 Å². The third-order valence-electron chi connectivity index (χ3n) is 3.26. The predicted octanol–water partition coefficient (Wildman–Crippen LogP) is 1.26. The van der Waals surface area contributed by atoms with Gasteiger partial charge in [-0.15, -0.1) is 0 Å². The molecule has 5 nitrogen and oxygen atoms in total. The van der Waals surface area contributed by atoms with Crippen LogP contribution in [0, 0.1) is 0 Å². The third kappa shape index (κ3) is 5.48. The smallest absolute Gasteiger partial charge is 0.211 e. The van der Waals surface area contributed by atoms with Gasteiger partial charge in [0.2, 0.25) is 10.0 Å². The zero-order chi connectivity index (χ0) is 14.4. The SMILES string of the molecule is COc1ccc(CNS(=O)(=O)CCCNC2CC2)cc1. The number of nitrogens with one attached hydrogen (secondary N) is 2. The average molecular weight is 298 g/mol. The van der Waals surface area contributed by atoms with Crippen molar-refractivity contribution in [2.75, 3.05) is 19.4 Å². The van der Waals surface area contributed by atoms with Crippen molar-refractivity contribution in [2.45, 2.75) is 31.8 Å². The Morgan fingerprint density at radius 2 is 1.95 bits per heavy atom. The normalized spacial score (nSPS) is 15.2. The number of sulfonamides is 1. The number of hydrogen-bond acceptors (Lipinski definition) is 4. The first kappa shape index (κ1) is 15.3. The lowest BCUT2D eigenvalue weighted by Crippen LogP contribution is -2.28. The molecule has 0 heterocycles. The van der Waals surface area contributed by atoms with E-state index in [9.17, 15) is 8.42 Å². The quantitative estimate of drug-likeness (QED) is 0.674. The molecule has 2 rings (SSSR count). The summed E-state index contributed by atoms with van der Waals surface area (Å²) in [5.41, 5.74) is 0.922. The second-order valence-corrected chi connectivity index (χ2v) is 7.00. The fourth-order valence-corrected chi connectivity index (χ4v) is 2.92. The molecule has 0 saturated heterocycles. The molecule has 6 heteroatoms. The number of rotatable bonds is 9. The summed E-state index contributed by atoms with van der Waals surface area (Å²) in [5.74, 6) is 0.936. The third-order valence-corrected chi connectivity index (χ3v) is 4.67. The standard InChI is InChI=1S/C14H22N2O3S/c1-19-14-7-3-12(4-8-14)11-16-20(17,18)10-2-9-15-13-5-6-13/h3-4,7-8,13,15-16H,2,5-6,9-11H2,1H3. The molecule has 1 fully saturated rings. The summed E-state index contributed by atoms with van der Waals surface area (Å²) in [6, 6.07) is 7.99. The lowest BCUT2D eigenvalue weighted by atomic mass is 10.2. The molecule has 20 heavy (non-hydrogen) atoms. The van der Waals surface area contributed by atoms with Gasteiger partial charge in [-0.25, -0.2) is 13.1 Å². The van der Waals surface area contributed by atoms with Gasteiger partial charge in [-0.1, -0.05) is 12.1 Å². The Kier molecular flexibility index (Phi) is 5.39. The molecule has 0 atom stereocenters. The zero-order valence-electron chi connectivity index (χ0n) is 11.8. The molecule has 112 valence electrons. The minimum atomic E-state index is -3.19. The first-order chi connectivity index (χ1) is 9.59. The number of ether oxygens (including phenoxy) is 1. The van der Waals surface area contributed by atoms with Crippen LogP contribution < -0.4 is 14.8 Å². The average Bonchev–Trinajstić information content (AvgIpc) is 3.26. The van der Waals surface area contributed by atoms with Crippen LogP contribution in [0.5, 0.6) is 5.75 Å².